The summed E-state index contributed by atoms with van der Waals surface area (Å²) >= 11 is 0. The molecule has 0 aromatic carbocycles. The summed E-state index contributed by atoms with van der Waals surface area (Å²) in [5.74, 6) is 0.612. The van der Waals surface area contributed by atoms with Crippen LogP contribution in [-0.4, -0.2) is 34.7 Å². The lowest BCUT2D eigenvalue weighted by Crippen LogP contribution is -2.53. The number of rotatable bonds is 5. The average Bonchev–Trinajstić information content (AvgIpc) is 2.47. The van der Waals surface area contributed by atoms with Gasteiger partial charge in [0, 0.05) is 37.1 Å². The molecule has 5 heteroatoms. The molecule has 5 nitrogen and oxygen atoms in total. The molecule has 0 saturated carbocycles. The molecule has 2 heterocycles. The molecule has 1 aromatic heterocycles. The van der Waals surface area contributed by atoms with Gasteiger partial charge in [-0.1, -0.05) is 6.92 Å². The summed E-state index contributed by atoms with van der Waals surface area (Å²) in [4.78, 5) is 19.3. The normalized spacial score (nSPS) is 20.8. The Labute approximate surface area is 127 Å². The molecule has 1 N–H and O–H groups in total. The molecular formula is C16H28N4O. The fraction of sp³-hybridized carbons (Fsp3) is 0.750. The van der Waals surface area contributed by atoms with Crippen LogP contribution in [0.25, 0.3) is 0 Å². The third-order valence-electron chi connectivity index (χ3n) is 4.33. The van der Waals surface area contributed by atoms with Crippen molar-refractivity contribution in [3.8, 4) is 0 Å². The molecular weight excluding hydrogens is 264 g/mol. The number of hydrogen-bond acceptors (Lipinski definition) is 4. The zero-order valence-corrected chi connectivity index (χ0v) is 13.7. The summed E-state index contributed by atoms with van der Waals surface area (Å²) in [5, 5.41) is 3.49. The molecule has 21 heavy (non-hydrogen) atoms. The van der Waals surface area contributed by atoms with Gasteiger partial charge in [0.25, 0.3) is 5.56 Å². The molecule has 0 amide bonds. The average molecular weight is 292 g/mol. The molecule has 118 valence electrons. The predicted molar refractivity (Wildman–Crippen MR) is 87.0 cm³/mol. The van der Waals surface area contributed by atoms with Crippen LogP contribution in [-0.2, 0) is 0 Å². The quantitative estimate of drug-likeness (QED) is 0.904. The third kappa shape index (κ3) is 3.46. The third-order valence-corrected chi connectivity index (χ3v) is 4.33. The van der Waals surface area contributed by atoms with E-state index in [1.54, 1.807) is 17.0 Å². The maximum Gasteiger partial charge on any atom is 0.293 e. The van der Waals surface area contributed by atoms with Crippen LogP contribution in [0.4, 0.5) is 5.82 Å². The molecule has 2 unspecified atom stereocenters. The molecule has 1 aliphatic rings. The van der Waals surface area contributed by atoms with Gasteiger partial charge in [0.1, 0.15) is 0 Å². The lowest BCUT2D eigenvalue weighted by atomic mass is 9.96. The van der Waals surface area contributed by atoms with Crippen molar-refractivity contribution in [2.24, 2.45) is 0 Å². The summed E-state index contributed by atoms with van der Waals surface area (Å²) < 4.78 is 1.77. The Bertz CT molecular complexity index is 511. The van der Waals surface area contributed by atoms with Crippen molar-refractivity contribution < 1.29 is 0 Å². The first-order valence-corrected chi connectivity index (χ1v) is 8.13. The first kappa shape index (κ1) is 16.0. The smallest absolute Gasteiger partial charge is 0.293 e. The standard InChI is InChI=1S/C16H28N4O/c1-5-17-13(4)14-8-6-7-10-20(14)15-16(21)19(12(2)3)11-9-18-15/h9,11-14,17H,5-8,10H2,1-4H3. The van der Waals surface area contributed by atoms with E-state index in [2.05, 4.69) is 29.0 Å². The summed E-state index contributed by atoms with van der Waals surface area (Å²) in [6.07, 6.45) is 7.00. The van der Waals surface area contributed by atoms with Gasteiger partial charge in [-0.05, 0) is 46.6 Å². The van der Waals surface area contributed by atoms with Crippen LogP contribution < -0.4 is 15.8 Å². The van der Waals surface area contributed by atoms with E-state index in [9.17, 15) is 4.79 Å². The molecule has 0 bridgehead atoms. The minimum Gasteiger partial charge on any atom is -0.347 e. The SMILES string of the molecule is CCNC(C)C1CCCCN1c1nccn(C(C)C)c1=O. The van der Waals surface area contributed by atoms with Crippen molar-refractivity contribution >= 4 is 5.82 Å². The van der Waals surface area contributed by atoms with Gasteiger partial charge in [0.05, 0.1) is 0 Å². The number of likely N-dealkylation sites (N-methyl/N-ethyl adjacent to an activating group) is 1. The molecule has 2 atom stereocenters. The highest BCUT2D eigenvalue weighted by Gasteiger charge is 2.29. The molecule has 0 spiro atoms. The van der Waals surface area contributed by atoms with E-state index in [1.165, 1.54) is 6.42 Å². The van der Waals surface area contributed by atoms with E-state index in [0.717, 1.165) is 25.9 Å². The van der Waals surface area contributed by atoms with E-state index in [1.807, 2.05) is 13.8 Å². The highest BCUT2D eigenvalue weighted by molar-refractivity contribution is 5.38. The Balaban J connectivity index is 2.33. The van der Waals surface area contributed by atoms with E-state index < -0.39 is 0 Å². The molecule has 1 fully saturated rings. The minimum absolute atomic E-state index is 0.0306. The van der Waals surface area contributed by atoms with Crippen LogP contribution in [0.3, 0.4) is 0 Å². The molecule has 1 saturated heterocycles. The van der Waals surface area contributed by atoms with Gasteiger partial charge >= 0.3 is 0 Å². The Hall–Kier alpha value is -1.36. The number of piperidine rings is 1. The van der Waals surface area contributed by atoms with E-state index >= 15 is 0 Å². The van der Waals surface area contributed by atoms with Crippen LogP contribution in [0.5, 0.6) is 0 Å². The summed E-state index contributed by atoms with van der Waals surface area (Å²) in [5.41, 5.74) is 0.0306. The first-order valence-electron chi connectivity index (χ1n) is 8.13. The Kier molecular flexibility index (Phi) is 5.39. The van der Waals surface area contributed by atoms with Gasteiger partial charge in [0.15, 0.2) is 5.82 Å². The predicted octanol–water partition coefficient (Wildman–Crippen LogP) is 2.18. The maximum absolute atomic E-state index is 12.7. The molecule has 1 aromatic rings. The van der Waals surface area contributed by atoms with Gasteiger partial charge in [-0.15, -0.1) is 0 Å². The number of nitrogens with one attached hydrogen (secondary N) is 1. The van der Waals surface area contributed by atoms with Gasteiger partial charge in [0.2, 0.25) is 0 Å². The van der Waals surface area contributed by atoms with Crippen molar-refractivity contribution in [1.29, 1.82) is 0 Å². The van der Waals surface area contributed by atoms with Gasteiger partial charge in [-0.3, -0.25) is 4.79 Å². The Morgan fingerprint density at radius 2 is 2.14 bits per heavy atom. The zero-order chi connectivity index (χ0) is 15.4. The zero-order valence-electron chi connectivity index (χ0n) is 13.7. The second kappa shape index (κ2) is 7.07. The molecule has 0 aliphatic carbocycles. The fourth-order valence-corrected chi connectivity index (χ4v) is 3.22. The van der Waals surface area contributed by atoms with Crippen LogP contribution in [0.1, 0.15) is 53.0 Å². The fourth-order valence-electron chi connectivity index (χ4n) is 3.22. The van der Waals surface area contributed by atoms with Crippen molar-refractivity contribution in [2.45, 2.75) is 65.1 Å². The van der Waals surface area contributed by atoms with Crippen molar-refractivity contribution in [3.05, 3.63) is 22.7 Å². The summed E-state index contributed by atoms with van der Waals surface area (Å²) in [6.45, 7) is 10.3. The van der Waals surface area contributed by atoms with Crippen molar-refractivity contribution in [2.75, 3.05) is 18.0 Å². The van der Waals surface area contributed by atoms with Gasteiger partial charge < -0.3 is 14.8 Å². The van der Waals surface area contributed by atoms with Crippen molar-refractivity contribution in [1.82, 2.24) is 14.9 Å². The lowest BCUT2D eigenvalue weighted by molar-refractivity contribution is 0.368. The monoisotopic (exact) mass is 292 g/mol. The van der Waals surface area contributed by atoms with Crippen LogP contribution in [0, 0.1) is 0 Å². The number of hydrogen-bond donors (Lipinski definition) is 1. The van der Waals surface area contributed by atoms with Gasteiger partial charge in [-0.25, -0.2) is 4.98 Å². The Morgan fingerprint density at radius 3 is 2.81 bits per heavy atom. The van der Waals surface area contributed by atoms with Crippen LogP contribution in [0.2, 0.25) is 0 Å². The number of aromatic nitrogens is 2. The van der Waals surface area contributed by atoms with E-state index in [0.29, 0.717) is 17.9 Å². The lowest BCUT2D eigenvalue weighted by Gasteiger charge is -2.40. The Morgan fingerprint density at radius 1 is 1.38 bits per heavy atom. The highest BCUT2D eigenvalue weighted by Crippen LogP contribution is 2.23. The second-order valence-electron chi connectivity index (χ2n) is 6.16. The van der Waals surface area contributed by atoms with Crippen molar-refractivity contribution in [3.63, 3.8) is 0 Å². The van der Waals surface area contributed by atoms with E-state index in [4.69, 9.17) is 0 Å². The number of nitrogens with zero attached hydrogens (tertiary/aromatic N) is 3. The molecule has 2 rings (SSSR count). The summed E-state index contributed by atoms with van der Waals surface area (Å²) in [7, 11) is 0. The summed E-state index contributed by atoms with van der Waals surface area (Å²) in [6, 6.07) is 0.875. The van der Waals surface area contributed by atoms with E-state index in [-0.39, 0.29) is 11.6 Å². The largest absolute Gasteiger partial charge is 0.347 e. The van der Waals surface area contributed by atoms with Crippen LogP contribution in [0.15, 0.2) is 17.2 Å². The molecule has 1 aliphatic heterocycles. The first-order chi connectivity index (χ1) is 10.1. The van der Waals surface area contributed by atoms with Gasteiger partial charge in [-0.2, -0.15) is 0 Å². The highest BCUT2D eigenvalue weighted by atomic mass is 16.1. The van der Waals surface area contributed by atoms with Crippen LogP contribution >= 0.6 is 0 Å². The minimum atomic E-state index is 0.0306. The topological polar surface area (TPSA) is 50.2 Å². The second-order valence-corrected chi connectivity index (χ2v) is 6.16. The molecule has 0 radical (unpaired) electrons. The number of anilines is 1. The maximum atomic E-state index is 12.7.